The molecule has 0 saturated carbocycles. The lowest BCUT2D eigenvalue weighted by molar-refractivity contribution is 0.0185. The van der Waals surface area contributed by atoms with Crippen LogP contribution in [0.2, 0.25) is 0 Å². The molecule has 1 amide bonds. The van der Waals surface area contributed by atoms with Gasteiger partial charge in [0.05, 0.1) is 0 Å². The number of carbonyl (C=O) groups is 1. The summed E-state index contributed by atoms with van der Waals surface area (Å²) >= 11 is 0. The van der Waals surface area contributed by atoms with Gasteiger partial charge in [0, 0.05) is 50.3 Å². The number of halogens is 1. The molecular formula is C23H34FN5O2. The van der Waals surface area contributed by atoms with Crippen LogP contribution in [0.3, 0.4) is 0 Å². The van der Waals surface area contributed by atoms with E-state index in [9.17, 15) is 9.18 Å². The summed E-state index contributed by atoms with van der Waals surface area (Å²) < 4.78 is 18.8. The van der Waals surface area contributed by atoms with Crippen LogP contribution in [-0.2, 0) is 11.2 Å². The van der Waals surface area contributed by atoms with E-state index in [0.717, 1.165) is 54.8 Å². The zero-order chi connectivity index (χ0) is 22.4. The molecule has 3 rings (SSSR count). The number of aliphatic imine (C=N–C) groups is 1. The van der Waals surface area contributed by atoms with Crippen molar-refractivity contribution in [2.45, 2.75) is 45.6 Å². The Balaban J connectivity index is 1.38. The zero-order valence-electron chi connectivity index (χ0n) is 18.9. The third kappa shape index (κ3) is 6.60. The number of nitrogens with one attached hydrogen (secondary N) is 3. The van der Waals surface area contributed by atoms with Gasteiger partial charge in [-0.25, -0.2) is 9.18 Å². The van der Waals surface area contributed by atoms with Crippen molar-refractivity contribution < 1.29 is 13.9 Å². The summed E-state index contributed by atoms with van der Waals surface area (Å²) in [4.78, 5) is 21.4. The molecule has 1 aliphatic rings. The number of aromatic amines is 1. The van der Waals surface area contributed by atoms with E-state index < -0.39 is 5.60 Å². The van der Waals surface area contributed by atoms with Crippen molar-refractivity contribution in [2.75, 3.05) is 33.2 Å². The fourth-order valence-electron chi connectivity index (χ4n) is 3.79. The van der Waals surface area contributed by atoms with Gasteiger partial charge in [-0.2, -0.15) is 0 Å². The Labute approximate surface area is 183 Å². The molecule has 2 aromatic rings. The second-order valence-corrected chi connectivity index (χ2v) is 9.04. The summed E-state index contributed by atoms with van der Waals surface area (Å²) in [7, 11) is 1.76. The van der Waals surface area contributed by atoms with Crippen LogP contribution < -0.4 is 10.6 Å². The molecule has 0 spiro atoms. The van der Waals surface area contributed by atoms with Gasteiger partial charge in [-0.15, -0.1) is 0 Å². The number of benzene rings is 1. The molecule has 170 valence electrons. The Hall–Kier alpha value is -2.77. The molecule has 1 fully saturated rings. The van der Waals surface area contributed by atoms with Gasteiger partial charge < -0.3 is 25.3 Å². The van der Waals surface area contributed by atoms with Crippen molar-refractivity contribution in [3.05, 3.63) is 35.8 Å². The third-order valence-corrected chi connectivity index (χ3v) is 5.46. The van der Waals surface area contributed by atoms with Crippen LogP contribution >= 0.6 is 0 Å². The fraction of sp³-hybridized carbons (Fsp3) is 0.565. The number of likely N-dealkylation sites (tertiary alicyclic amines) is 1. The molecule has 0 atom stereocenters. The molecule has 1 saturated heterocycles. The first-order chi connectivity index (χ1) is 14.7. The zero-order valence-corrected chi connectivity index (χ0v) is 18.9. The molecule has 8 heteroatoms. The molecule has 1 aromatic heterocycles. The average molecular weight is 432 g/mol. The summed E-state index contributed by atoms with van der Waals surface area (Å²) in [6, 6.07) is 4.82. The Bertz CT molecular complexity index is 910. The second-order valence-electron chi connectivity index (χ2n) is 9.04. The van der Waals surface area contributed by atoms with E-state index in [1.165, 1.54) is 12.1 Å². The number of amides is 1. The Morgan fingerprint density at radius 2 is 2.03 bits per heavy atom. The first kappa shape index (κ1) is 22.9. The van der Waals surface area contributed by atoms with Crippen molar-refractivity contribution in [1.29, 1.82) is 0 Å². The van der Waals surface area contributed by atoms with Crippen LogP contribution in [0.1, 0.15) is 39.2 Å². The summed E-state index contributed by atoms with van der Waals surface area (Å²) in [5, 5.41) is 7.78. The van der Waals surface area contributed by atoms with Crippen LogP contribution in [0.15, 0.2) is 29.4 Å². The molecule has 0 unspecified atom stereocenters. The minimum Gasteiger partial charge on any atom is -0.444 e. The fourth-order valence-corrected chi connectivity index (χ4v) is 3.79. The van der Waals surface area contributed by atoms with Gasteiger partial charge in [0.1, 0.15) is 11.4 Å². The minimum atomic E-state index is -0.462. The smallest absolute Gasteiger partial charge is 0.410 e. The largest absolute Gasteiger partial charge is 0.444 e. The quantitative estimate of drug-likeness (QED) is 0.498. The maximum absolute atomic E-state index is 13.3. The van der Waals surface area contributed by atoms with Crippen LogP contribution in [0, 0.1) is 11.7 Å². The van der Waals surface area contributed by atoms with Crippen molar-refractivity contribution in [2.24, 2.45) is 10.9 Å². The van der Waals surface area contributed by atoms with E-state index in [0.29, 0.717) is 19.0 Å². The molecule has 0 radical (unpaired) electrons. The van der Waals surface area contributed by atoms with Crippen molar-refractivity contribution >= 4 is 23.0 Å². The Kier molecular flexibility index (Phi) is 7.41. The molecule has 1 aliphatic heterocycles. The van der Waals surface area contributed by atoms with Crippen molar-refractivity contribution in [1.82, 2.24) is 20.5 Å². The van der Waals surface area contributed by atoms with Gasteiger partial charge in [0.25, 0.3) is 0 Å². The lowest BCUT2D eigenvalue weighted by Gasteiger charge is -2.33. The van der Waals surface area contributed by atoms with Gasteiger partial charge in [-0.1, -0.05) is 0 Å². The number of ether oxygens (including phenoxy) is 1. The highest BCUT2D eigenvalue weighted by atomic mass is 19.1. The summed E-state index contributed by atoms with van der Waals surface area (Å²) in [5.74, 6) is 1.02. The predicted molar refractivity (Wildman–Crippen MR) is 122 cm³/mol. The number of aromatic nitrogens is 1. The van der Waals surface area contributed by atoms with Gasteiger partial charge in [-0.3, -0.25) is 4.99 Å². The summed E-state index contributed by atoms with van der Waals surface area (Å²) in [6.45, 7) is 8.63. The molecular weight excluding hydrogens is 397 g/mol. The molecule has 3 N–H and O–H groups in total. The van der Waals surface area contributed by atoms with E-state index in [4.69, 9.17) is 4.74 Å². The Morgan fingerprint density at radius 1 is 1.29 bits per heavy atom. The lowest BCUT2D eigenvalue weighted by atomic mass is 9.97. The van der Waals surface area contributed by atoms with E-state index >= 15 is 0 Å². The van der Waals surface area contributed by atoms with Crippen LogP contribution in [0.4, 0.5) is 9.18 Å². The first-order valence-corrected chi connectivity index (χ1v) is 10.9. The maximum atomic E-state index is 13.3. The van der Waals surface area contributed by atoms with Crippen LogP contribution in [0.5, 0.6) is 0 Å². The Morgan fingerprint density at radius 3 is 2.71 bits per heavy atom. The number of rotatable bonds is 5. The highest BCUT2D eigenvalue weighted by Gasteiger charge is 2.26. The summed E-state index contributed by atoms with van der Waals surface area (Å²) in [6.07, 6.45) is 4.39. The molecule has 2 heterocycles. The normalized spacial score (nSPS) is 15.9. The van der Waals surface area contributed by atoms with Crippen molar-refractivity contribution in [3.63, 3.8) is 0 Å². The monoisotopic (exact) mass is 431 g/mol. The van der Waals surface area contributed by atoms with E-state index in [1.54, 1.807) is 11.9 Å². The minimum absolute atomic E-state index is 0.226. The number of hydrogen-bond donors (Lipinski definition) is 3. The average Bonchev–Trinajstić information content (AvgIpc) is 3.11. The predicted octanol–water partition coefficient (Wildman–Crippen LogP) is 3.66. The number of guanidine groups is 1. The molecule has 31 heavy (non-hydrogen) atoms. The standard InChI is InChI=1S/C23H34FN5O2/c1-23(2,3)31-22(30)29-11-8-16(9-12-29)14-28-21(25-4)26-10-7-17-15-27-20-13-18(24)5-6-19(17)20/h5-6,13,15-16,27H,7-12,14H2,1-4H3,(H2,25,26,28). The molecule has 7 nitrogen and oxygen atoms in total. The molecule has 1 aromatic carbocycles. The van der Waals surface area contributed by atoms with E-state index in [1.807, 2.05) is 33.0 Å². The number of fused-ring (bicyclic) bond motifs is 1. The van der Waals surface area contributed by atoms with Gasteiger partial charge in [-0.05, 0) is 69.7 Å². The van der Waals surface area contributed by atoms with Crippen LogP contribution in [-0.4, -0.2) is 60.8 Å². The first-order valence-electron chi connectivity index (χ1n) is 10.9. The highest BCUT2D eigenvalue weighted by molar-refractivity contribution is 5.83. The second kappa shape index (κ2) is 10.0. The van der Waals surface area contributed by atoms with E-state index in [-0.39, 0.29) is 11.9 Å². The van der Waals surface area contributed by atoms with Gasteiger partial charge in [0.15, 0.2) is 5.96 Å². The third-order valence-electron chi connectivity index (χ3n) is 5.46. The van der Waals surface area contributed by atoms with Gasteiger partial charge >= 0.3 is 6.09 Å². The number of hydrogen-bond acceptors (Lipinski definition) is 3. The number of H-pyrrole nitrogens is 1. The number of carbonyl (C=O) groups excluding carboxylic acids is 1. The summed E-state index contributed by atoms with van der Waals surface area (Å²) in [5.41, 5.74) is 1.50. The number of piperidine rings is 1. The topological polar surface area (TPSA) is 81.8 Å². The lowest BCUT2D eigenvalue weighted by Crippen LogP contribution is -2.45. The highest BCUT2D eigenvalue weighted by Crippen LogP contribution is 2.20. The molecule has 0 aliphatic carbocycles. The molecule has 0 bridgehead atoms. The van der Waals surface area contributed by atoms with E-state index in [2.05, 4.69) is 20.6 Å². The van der Waals surface area contributed by atoms with Crippen LogP contribution in [0.25, 0.3) is 10.9 Å². The number of nitrogens with zero attached hydrogens (tertiary/aromatic N) is 2. The SMILES string of the molecule is CN=C(NCCc1c[nH]c2cc(F)ccc12)NCC1CCN(C(=O)OC(C)(C)C)CC1. The maximum Gasteiger partial charge on any atom is 0.410 e. The van der Waals surface area contributed by atoms with Crippen molar-refractivity contribution in [3.8, 4) is 0 Å². The van der Waals surface area contributed by atoms with Gasteiger partial charge in [0.2, 0.25) is 0 Å².